The molecule has 0 unspecified atom stereocenters. The fourth-order valence-corrected chi connectivity index (χ4v) is 4.24. The van der Waals surface area contributed by atoms with Crippen LogP contribution in [0.1, 0.15) is 21.6 Å². The molecule has 0 saturated carbocycles. The van der Waals surface area contributed by atoms with Gasteiger partial charge in [0.15, 0.2) is 0 Å². The summed E-state index contributed by atoms with van der Waals surface area (Å²) in [7, 11) is -3.92. The van der Waals surface area contributed by atoms with Crippen molar-refractivity contribution in [2.24, 2.45) is 0 Å². The Morgan fingerprint density at radius 3 is 2.69 bits per heavy atom. The zero-order valence-electron chi connectivity index (χ0n) is 15.2. The van der Waals surface area contributed by atoms with Gasteiger partial charge in [-0.05, 0) is 42.5 Å². The van der Waals surface area contributed by atoms with E-state index in [-0.39, 0.29) is 16.5 Å². The average Bonchev–Trinajstić information content (AvgIpc) is 2.73. The standard InChI is InChI=1S/C20H17FN4O3S/c21-16-2-1-3-18(10-16)29(27,28)24-17-6-4-14(5-7-17)20(26)25-9-8-19-15(12-25)11-22-13-23-19/h1-7,10-11,13,24H,8-9,12H2. The highest BCUT2D eigenvalue weighted by Crippen LogP contribution is 2.20. The van der Waals surface area contributed by atoms with E-state index in [0.717, 1.165) is 17.3 Å². The number of halogens is 1. The zero-order chi connectivity index (χ0) is 20.4. The Hall–Kier alpha value is -3.33. The lowest BCUT2D eigenvalue weighted by molar-refractivity contribution is 0.0733. The summed E-state index contributed by atoms with van der Waals surface area (Å²) in [6, 6.07) is 10.9. The lowest BCUT2D eigenvalue weighted by Gasteiger charge is -2.28. The molecule has 1 aliphatic rings. The van der Waals surface area contributed by atoms with Crippen molar-refractivity contribution in [3.8, 4) is 0 Å². The van der Waals surface area contributed by atoms with Crippen LogP contribution in [0.5, 0.6) is 0 Å². The molecule has 0 saturated heterocycles. The van der Waals surface area contributed by atoms with Crippen LogP contribution >= 0.6 is 0 Å². The molecule has 0 aliphatic carbocycles. The molecule has 2 heterocycles. The van der Waals surface area contributed by atoms with Gasteiger partial charge in [-0.25, -0.2) is 22.8 Å². The van der Waals surface area contributed by atoms with Crippen LogP contribution in [0, 0.1) is 5.82 Å². The number of sulfonamides is 1. The number of hydrogen-bond donors (Lipinski definition) is 1. The zero-order valence-corrected chi connectivity index (χ0v) is 16.1. The number of nitrogens with one attached hydrogen (secondary N) is 1. The summed E-state index contributed by atoms with van der Waals surface area (Å²) >= 11 is 0. The maximum absolute atomic E-state index is 13.3. The van der Waals surface area contributed by atoms with Crippen molar-refractivity contribution >= 4 is 21.6 Å². The summed E-state index contributed by atoms with van der Waals surface area (Å²) in [5, 5.41) is 0. The van der Waals surface area contributed by atoms with Crippen LogP contribution in [0.2, 0.25) is 0 Å². The maximum Gasteiger partial charge on any atom is 0.261 e. The molecule has 1 N–H and O–H groups in total. The van der Waals surface area contributed by atoms with E-state index in [9.17, 15) is 17.6 Å². The summed E-state index contributed by atoms with van der Waals surface area (Å²) < 4.78 is 40.4. The van der Waals surface area contributed by atoms with E-state index in [2.05, 4.69) is 14.7 Å². The van der Waals surface area contributed by atoms with Gasteiger partial charge in [-0.15, -0.1) is 0 Å². The Morgan fingerprint density at radius 1 is 1.14 bits per heavy atom. The number of hydrogen-bond acceptors (Lipinski definition) is 5. The molecule has 7 nitrogen and oxygen atoms in total. The van der Waals surface area contributed by atoms with Crippen LogP contribution in [0.3, 0.4) is 0 Å². The Kier molecular flexibility index (Phi) is 4.98. The first-order valence-electron chi connectivity index (χ1n) is 8.88. The van der Waals surface area contributed by atoms with E-state index >= 15 is 0 Å². The van der Waals surface area contributed by atoms with Gasteiger partial charge in [-0.3, -0.25) is 9.52 Å². The van der Waals surface area contributed by atoms with Crippen LogP contribution in [-0.4, -0.2) is 35.7 Å². The lowest BCUT2D eigenvalue weighted by atomic mass is 10.1. The van der Waals surface area contributed by atoms with Crippen LogP contribution in [-0.2, 0) is 23.0 Å². The molecule has 0 fully saturated rings. The van der Waals surface area contributed by atoms with Crippen LogP contribution in [0.4, 0.5) is 10.1 Å². The summed E-state index contributed by atoms with van der Waals surface area (Å²) in [4.78, 5) is 22.5. The predicted molar refractivity (Wildman–Crippen MR) is 104 cm³/mol. The number of amides is 1. The molecule has 29 heavy (non-hydrogen) atoms. The fourth-order valence-electron chi connectivity index (χ4n) is 3.15. The summed E-state index contributed by atoms with van der Waals surface area (Å²) in [5.41, 5.74) is 2.60. The second kappa shape index (κ2) is 7.59. The third kappa shape index (κ3) is 4.09. The fraction of sp³-hybridized carbons (Fsp3) is 0.150. The lowest BCUT2D eigenvalue weighted by Crippen LogP contribution is -2.36. The molecule has 148 valence electrons. The first-order chi connectivity index (χ1) is 13.9. The van der Waals surface area contributed by atoms with Crippen LogP contribution < -0.4 is 4.72 Å². The summed E-state index contributed by atoms with van der Waals surface area (Å²) in [6.45, 7) is 0.986. The highest BCUT2D eigenvalue weighted by molar-refractivity contribution is 7.92. The number of nitrogens with zero attached hydrogens (tertiary/aromatic N) is 3. The topological polar surface area (TPSA) is 92.3 Å². The van der Waals surface area contributed by atoms with Gasteiger partial charge in [-0.1, -0.05) is 6.07 Å². The van der Waals surface area contributed by atoms with Crippen molar-refractivity contribution in [2.75, 3.05) is 11.3 Å². The van der Waals surface area contributed by atoms with Gasteiger partial charge in [0.05, 0.1) is 10.6 Å². The van der Waals surface area contributed by atoms with Gasteiger partial charge in [0.25, 0.3) is 15.9 Å². The van der Waals surface area contributed by atoms with Crippen molar-refractivity contribution in [2.45, 2.75) is 17.9 Å². The highest BCUT2D eigenvalue weighted by atomic mass is 32.2. The Labute approximate surface area is 167 Å². The van der Waals surface area contributed by atoms with Crippen molar-refractivity contribution < 1.29 is 17.6 Å². The second-order valence-electron chi connectivity index (χ2n) is 6.61. The average molecular weight is 412 g/mol. The van der Waals surface area contributed by atoms with Crippen molar-refractivity contribution in [1.82, 2.24) is 14.9 Å². The monoisotopic (exact) mass is 412 g/mol. The summed E-state index contributed by atoms with van der Waals surface area (Å²) in [5.74, 6) is -0.790. The van der Waals surface area contributed by atoms with Gasteiger partial charge < -0.3 is 4.90 Å². The van der Waals surface area contributed by atoms with E-state index in [0.29, 0.717) is 25.1 Å². The molecule has 2 aromatic carbocycles. The van der Waals surface area contributed by atoms with Gasteiger partial charge in [0.1, 0.15) is 12.1 Å². The molecule has 1 aliphatic heterocycles. The molecule has 0 spiro atoms. The van der Waals surface area contributed by atoms with Crippen LogP contribution in [0.25, 0.3) is 0 Å². The Bertz CT molecular complexity index is 1170. The second-order valence-corrected chi connectivity index (χ2v) is 8.29. The number of rotatable bonds is 4. The number of fused-ring (bicyclic) bond motifs is 1. The van der Waals surface area contributed by atoms with Gasteiger partial charge in [0.2, 0.25) is 0 Å². The molecule has 9 heteroatoms. The number of benzene rings is 2. The molecule has 3 aromatic rings. The molecule has 1 aromatic heterocycles. The van der Waals surface area contributed by atoms with E-state index in [4.69, 9.17) is 0 Å². The van der Waals surface area contributed by atoms with E-state index in [1.54, 1.807) is 23.2 Å². The number of aromatic nitrogens is 2. The van der Waals surface area contributed by atoms with Crippen molar-refractivity contribution in [3.63, 3.8) is 0 Å². The minimum atomic E-state index is -3.92. The van der Waals surface area contributed by atoms with Crippen LogP contribution in [0.15, 0.2) is 66.0 Å². The third-order valence-corrected chi connectivity index (χ3v) is 6.02. The molecular formula is C20H17FN4O3S. The van der Waals surface area contributed by atoms with E-state index in [1.165, 1.54) is 36.7 Å². The minimum Gasteiger partial charge on any atom is -0.334 e. The quantitative estimate of drug-likeness (QED) is 0.711. The summed E-state index contributed by atoms with van der Waals surface area (Å²) in [6.07, 6.45) is 3.88. The number of carbonyl (C=O) groups is 1. The largest absolute Gasteiger partial charge is 0.334 e. The maximum atomic E-state index is 13.3. The first-order valence-corrected chi connectivity index (χ1v) is 10.4. The molecule has 0 atom stereocenters. The number of anilines is 1. The predicted octanol–water partition coefficient (Wildman–Crippen LogP) is 2.62. The molecule has 1 amide bonds. The molecule has 0 bridgehead atoms. The van der Waals surface area contributed by atoms with Crippen molar-refractivity contribution in [3.05, 3.63) is 83.7 Å². The first kappa shape index (κ1) is 19.0. The SMILES string of the molecule is O=C(c1ccc(NS(=O)(=O)c2cccc(F)c2)cc1)N1CCc2ncncc2C1. The third-order valence-electron chi connectivity index (χ3n) is 4.64. The van der Waals surface area contributed by atoms with Crippen molar-refractivity contribution in [1.29, 1.82) is 0 Å². The smallest absolute Gasteiger partial charge is 0.261 e. The Balaban J connectivity index is 1.47. The Morgan fingerprint density at radius 2 is 1.93 bits per heavy atom. The van der Waals surface area contributed by atoms with E-state index in [1.807, 2.05) is 0 Å². The highest BCUT2D eigenvalue weighted by Gasteiger charge is 2.23. The van der Waals surface area contributed by atoms with Gasteiger partial charge in [0, 0.05) is 42.5 Å². The molecular weight excluding hydrogens is 395 g/mol. The van der Waals surface area contributed by atoms with E-state index < -0.39 is 15.8 Å². The molecule has 4 rings (SSSR count). The normalized spacial score (nSPS) is 13.6. The van der Waals surface area contributed by atoms with Gasteiger partial charge in [-0.2, -0.15) is 0 Å². The number of carbonyl (C=O) groups excluding carboxylic acids is 1. The molecule has 0 radical (unpaired) electrons. The minimum absolute atomic E-state index is 0.154. The van der Waals surface area contributed by atoms with Gasteiger partial charge >= 0.3 is 0 Å².